The third-order valence-corrected chi connectivity index (χ3v) is 3.35. The van der Waals surface area contributed by atoms with Gasteiger partial charge in [0.05, 0.1) is 8.95 Å². The summed E-state index contributed by atoms with van der Waals surface area (Å²) in [5.41, 5.74) is 0. The number of para-hydroxylation sites is 1. The Labute approximate surface area is 119 Å². The number of rotatable bonds is 6. The number of hydrogen-bond donors (Lipinski definition) is 2. The SMILES string of the molecule is CC(C)NCC(O)COc1c(Br)cccc1Br. The lowest BCUT2D eigenvalue weighted by Crippen LogP contribution is -2.35. The summed E-state index contributed by atoms with van der Waals surface area (Å²) in [6.07, 6.45) is -0.517. The summed E-state index contributed by atoms with van der Waals surface area (Å²) in [5.74, 6) is 0.719. The number of aliphatic hydroxyl groups is 1. The number of halogens is 2. The molecule has 17 heavy (non-hydrogen) atoms. The standard InChI is InChI=1S/C12H17Br2NO2/c1-8(2)15-6-9(16)7-17-12-10(13)4-3-5-11(12)14/h3-5,8-9,15-16H,6-7H2,1-2H3. The Morgan fingerprint density at radius 1 is 1.29 bits per heavy atom. The van der Waals surface area contributed by atoms with Crippen molar-refractivity contribution in [2.45, 2.75) is 26.0 Å². The van der Waals surface area contributed by atoms with Crippen LogP contribution in [0.25, 0.3) is 0 Å². The minimum absolute atomic E-state index is 0.265. The molecular formula is C12H17Br2NO2. The zero-order valence-corrected chi connectivity index (χ0v) is 13.1. The van der Waals surface area contributed by atoms with Crippen LogP contribution < -0.4 is 10.1 Å². The maximum atomic E-state index is 9.72. The first-order chi connectivity index (χ1) is 8.00. The van der Waals surface area contributed by atoms with Crippen molar-refractivity contribution in [2.75, 3.05) is 13.2 Å². The van der Waals surface area contributed by atoms with E-state index in [0.29, 0.717) is 12.6 Å². The molecule has 1 unspecified atom stereocenters. The van der Waals surface area contributed by atoms with E-state index in [9.17, 15) is 5.11 Å². The van der Waals surface area contributed by atoms with Crippen LogP contribution in [0, 0.1) is 0 Å². The molecule has 0 amide bonds. The van der Waals surface area contributed by atoms with Gasteiger partial charge in [0.2, 0.25) is 0 Å². The van der Waals surface area contributed by atoms with Crippen molar-refractivity contribution in [3.63, 3.8) is 0 Å². The fraction of sp³-hybridized carbons (Fsp3) is 0.500. The number of nitrogens with one attached hydrogen (secondary N) is 1. The summed E-state index contributed by atoms with van der Waals surface area (Å²) in [6, 6.07) is 6.08. The van der Waals surface area contributed by atoms with E-state index < -0.39 is 6.10 Å². The van der Waals surface area contributed by atoms with Crippen molar-refractivity contribution < 1.29 is 9.84 Å². The van der Waals surface area contributed by atoms with Gasteiger partial charge in [-0.15, -0.1) is 0 Å². The van der Waals surface area contributed by atoms with Crippen LogP contribution in [0.1, 0.15) is 13.8 Å². The van der Waals surface area contributed by atoms with Gasteiger partial charge >= 0.3 is 0 Å². The predicted octanol–water partition coefficient (Wildman–Crippen LogP) is 2.95. The molecular weight excluding hydrogens is 350 g/mol. The molecule has 96 valence electrons. The fourth-order valence-corrected chi connectivity index (χ4v) is 2.46. The van der Waals surface area contributed by atoms with Gasteiger partial charge in [0.25, 0.3) is 0 Å². The molecule has 1 rings (SSSR count). The maximum absolute atomic E-state index is 9.72. The van der Waals surface area contributed by atoms with Gasteiger partial charge in [0.1, 0.15) is 18.5 Å². The molecule has 1 aromatic rings. The van der Waals surface area contributed by atoms with Gasteiger partial charge in [-0.05, 0) is 44.0 Å². The van der Waals surface area contributed by atoms with Gasteiger partial charge in [-0.2, -0.15) is 0 Å². The topological polar surface area (TPSA) is 41.5 Å². The molecule has 0 spiro atoms. The Morgan fingerprint density at radius 2 is 1.88 bits per heavy atom. The largest absolute Gasteiger partial charge is 0.488 e. The van der Waals surface area contributed by atoms with Crippen molar-refractivity contribution in [1.82, 2.24) is 5.32 Å². The van der Waals surface area contributed by atoms with E-state index in [-0.39, 0.29) is 6.61 Å². The Balaban J connectivity index is 2.44. The smallest absolute Gasteiger partial charge is 0.147 e. The van der Waals surface area contributed by atoms with E-state index in [4.69, 9.17) is 4.74 Å². The highest BCUT2D eigenvalue weighted by atomic mass is 79.9. The van der Waals surface area contributed by atoms with Gasteiger partial charge in [0.15, 0.2) is 0 Å². The van der Waals surface area contributed by atoms with E-state index >= 15 is 0 Å². The molecule has 1 atom stereocenters. The van der Waals surface area contributed by atoms with Gasteiger partial charge in [0, 0.05) is 12.6 Å². The van der Waals surface area contributed by atoms with Crippen LogP contribution in [0.15, 0.2) is 27.1 Å². The summed E-state index contributed by atoms with van der Waals surface area (Å²) in [4.78, 5) is 0. The third-order valence-electron chi connectivity index (χ3n) is 2.10. The van der Waals surface area contributed by atoms with Crippen LogP contribution in [0.2, 0.25) is 0 Å². The minimum Gasteiger partial charge on any atom is -0.488 e. The first kappa shape index (κ1) is 15.0. The van der Waals surface area contributed by atoms with Crippen LogP contribution in [0.5, 0.6) is 5.75 Å². The van der Waals surface area contributed by atoms with E-state index in [0.717, 1.165) is 14.7 Å². The Morgan fingerprint density at radius 3 is 2.41 bits per heavy atom. The number of aliphatic hydroxyl groups excluding tert-OH is 1. The number of benzene rings is 1. The average Bonchev–Trinajstić information content (AvgIpc) is 2.25. The van der Waals surface area contributed by atoms with E-state index in [1.807, 2.05) is 32.0 Å². The van der Waals surface area contributed by atoms with Crippen molar-refractivity contribution in [1.29, 1.82) is 0 Å². The van der Waals surface area contributed by atoms with Crippen molar-refractivity contribution in [3.05, 3.63) is 27.1 Å². The second-order valence-corrected chi connectivity index (χ2v) is 5.79. The lowest BCUT2D eigenvalue weighted by atomic mass is 10.3. The minimum atomic E-state index is -0.517. The summed E-state index contributed by atoms with van der Waals surface area (Å²) in [7, 11) is 0. The fourth-order valence-electron chi connectivity index (χ4n) is 1.23. The molecule has 0 aliphatic carbocycles. The van der Waals surface area contributed by atoms with Crippen molar-refractivity contribution in [3.8, 4) is 5.75 Å². The molecule has 0 aliphatic heterocycles. The highest BCUT2D eigenvalue weighted by Crippen LogP contribution is 2.32. The van der Waals surface area contributed by atoms with Gasteiger partial charge in [-0.1, -0.05) is 19.9 Å². The molecule has 0 saturated carbocycles. The number of hydrogen-bond acceptors (Lipinski definition) is 3. The molecule has 1 aromatic carbocycles. The van der Waals surface area contributed by atoms with Crippen molar-refractivity contribution >= 4 is 31.9 Å². The maximum Gasteiger partial charge on any atom is 0.147 e. The molecule has 0 aliphatic rings. The highest BCUT2D eigenvalue weighted by Gasteiger charge is 2.10. The van der Waals surface area contributed by atoms with E-state index in [1.54, 1.807) is 0 Å². The Bertz CT molecular complexity index is 338. The number of ether oxygens (including phenoxy) is 1. The lowest BCUT2D eigenvalue weighted by Gasteiger charge is -2.16. The quantitative estimate of drug-likeness (QED) is 0.813. The molecule has 0 radical (unpaired) electrons. The third kappa shape index (κ3) is 5.38. The normalized spacial score (nSPS) is 12.8. The van der Waals surface area contributed by atoms with E-state index in [1.165, 1.54) is 0 Å². The van der Waals surface area contributed by atoms with Crippen molar-refractivity contribution in [2.24, 2.45) is 0 Å². The van der Waals surface area contributed by atoms with Crippen LogP contribution in [-0.4, -0.2) is 30.4 Å². The zero-order valence-electron chi connectivity index (χ0n) is 9.91. The predicted molar refractivity (Wildman–Crippen MR) is 76.5 cm³/mol. The first-order valence-corrected chi connectivity index (χ1v) is 7.07. The van der Waals surface area contributed by atoms with Crippen LogP contribution in [0.3, 0.4) is 0 Å². The summed E-state index contributed by atoms with van der Waals surface area (Å²) in [5, 5.41) is 12.9. The Kier molecular flexibility index (Phi) is 6.48. The van der Waals surface area contributed by atoms with Gasteiger partial charge < -0.3 is 15.2 Å². The molecule has 0 saturated heterocycles. The summed E-state index contributed by atoms with van der Waals surface area (Å²) >= 11 is 6.81. The monoisotopic (exact) mass is 365 g/mol. The lowest BCUT2D eigenvalue weighted by molar-refractivity contribution is 0.104. The first-order valence-electron chi connectivity index (χ1n) is 5.49. The molecule has 0 fully saturated rings. The molecule has 2 N–H and O–H groups in total. The van der Waals surface area contributed by atoms with Crippen LogP contribution in [0.4, 0.5) is 0 Å². The van der Waals surface area contributed by atoms with Gasteiger partial charge in [-0.3, -0.25) is 0 Å². The summed E-state index contributed by atoms with van der Waals surface area (Å²) < 4.78 is 7.32. The molecule has 5 heteroatoms. The second kappa shape index (κ2) is 7.36. The summed E-state index contributed by atoms with van der Waals surface area (Å²) in [6.45, 7) is 4.87. The van der Waals surface area contributed by atoms with Gasteiger partial charge in [-0.25, -0.2) is 0 Å². The molecule has 0 aromatic heterocycles. The highest BCUT2D eigenvalue weighted by molar-refractivity contribution is 9.11. The van der Waals surface area contributed by atoms with Crippen LogP contribution in [-0.2, 0) is 0 Å². The average molecular weight is 367 g/mol. The molecule has 0 bridgehead atoms. The Hall–Kier alpha value is -0.100. The molecule has 3 nitrogen and oxygen atoms in total. The zero-order chi connectivity index (χ0) is 12.8. The molecule has 0 heterocycles. The van der Waals surface area contributed by atoms with Crippen LogP contribution >= 0.6 is 31.9 Å². The second-order valence-electron chi connectivity index (χ2n) is 4.08. The van der Waals surface area contributed by atoms with E-state index in [2.05, 4.69) is 37.2 Å².